The Balaban J connectivity index is 2.38. The fraction of sp³-hybridized carbons (Fsp3) is 0.0714. The zero-order chi connectivity index (χ0) is 13.8. The van der Waals surface area contributed by atoms with Crippen molar-refractivity contribution in [3.8, 4) is 0 Å². The third-order valence-electron chi connectivity index (χ3n) is 2.50. The van der Waals surface area contributed by atoms with Gasteiger partial charge < -0.3 is 11.1 Å². The van der Waals surface area contributed by atoms with E-state index in [9.17, 15) is 9.18 Å². The van der Waals surface area contributed by atoms with Gasteiger partial charge in [-0.25, -0.2) is 4.39 Å². The van der Waals surface area contributed by atoms with Crippen LogP contribution in [0, 0.1) is 5.82 Å². The molecule has 98 valence electrons. The number of hydrogen-bond acceptors (Lipinski definition) is 3. The van der Waals surface area contributed by atoms with Crippen LogP contribution in [0.25, 0.3) is 0 Å². The molecule has 0 aromatic heterocycles. The van der Waals surface area contributed by atoms with Gasteiger partial charge in [-0.1, -0.05) is 17.8 Å². The highest BCUT2D eigenvalue weighted by molar-refractivity contribution is 7.99. The summed E-state index contributed by atoms with van der Waals surface area (Å²) in [5, 5.41) is 2.57. The van der Waals surface area contributed by atoms with Crippen LogP contribution in [-0.2, 0) is 0 Å². The monoisotopic (exact) mass is 276 g/mol. The summed E-state index contributed by atoms with van der Waals surface area (Å²) < 4.78 is 13.2. The Kier molecular flexibility index (Phi) is 4.06. The lowest BCUT2D eigenvalue weighted by atomic mass is 10.2. The van der Waals surface area contributed by atoms with E-state index in [1.54, 1.807) is 37.4 Å². The molecule has 0 unspecified atom stereocenters. The summed E-state index contributed by atoms with van der Waals surface area (Å²) in [6.45, 7) is 0. The number of hydrogen-bond donors (Lipinski definition) is 2. The summed E-state index contributed by atoms with van der Waals surface area (Å²) in [6, 6.07) is 11.2. The van der Waals surface area contributed by atoms with E-state index in [1.807, 2.05) is 0 Å². The van der Waals surface area contributed by atoms with Crippen LogP contribution in [0.1, 0.15) is 10.4 Å². The molecule has 1 amide bonds. The summed E-state index contributed by atoms with van der Waals surface area (Å²) in [4.78, 5) is 13.2. The van der Waals surface area contributed by atoms with E-state index in [4.69, 9.17) is 5.73 Å². The first kappa shape index (κ1) is 13.4. The highest BCUT2D eigenvalue weighted by Gasteiger charge is 2.11. The molecule has 19 heavy (non-hydrogen) atoms. The molecular weight excluding hydrogens is 263 g/mol. The highest BCUT2D eigenvalue weighted by atomic mass is 32.2. The number of carbonyl (C=O) groups is 1. The number of carbonyl (C=O) groups excluding carboxylic acids is 1. The van der Waals surface area contributed by atoms with Crippen molar-refractivity contribution in [3.05, 3.63) is 53.8 Å². The average molecular weight is 276 g/mol. The predicted octanol–water partition coefficient (Wildman–Crippen LogP) is 2.92. The van der Waals surface area contributed by atoms with Gasteiger partial charge in [0.1, 0.15) is 5.82 Å². The second kappa shape index (κ2) is 5.75. The summed E-state index contributed by atoms with van der Waals surface area (Å²) in [6.07, 6.45) is 0. The molecule has 0 bridgehead atoms. The van der Waals surface area contributed by atoms with Gasteiger partial charge in [0.05, 0.1) is 5.56 Å². The van der Waals surface area contributed by atoms with E-state index in [1.165, 1.54) is 23.9 Å². The number of nitrogens with two attached hydrogens (primary N) is 1. The van der Waals surface area contributed by atoms with Gasteiger partial charge in [0.25, 0.3) is 5.91 Å². The van der Waals surface area contributed by atoms with Crippen molar-refractivity contribution < 1.29 is 9.18 Å². The molecule has 3 nitrogen and oxygen atoms in total. The van der Waals surface area contributed by atoms with Crippen molar-refractivity contribution in [1.82, 2.24) is 5.32 Å². The van der Waals surface area contributed by atoms with Gasteiger partial charge in [0.2, 0.25) is 0 Å². The number of amides is 1. The lowest BCUT2D eigenvalue weighted by Gasteiger charge is -2.09. The molecule has 0 saturated carbocycles. The van der Waals surface area contributed by atoms with Gasteiger partial charge in [-0.2, -0.15) is 0 Å². The molecule has 0 radical (unpaired) electrons. The lowest BCUT2D eigenvalue weighted by Crippen LogP contribution is -2.18. The highest BCUT2D eigenvalue weighted by Crippen LogP contribution is 2.32. The molecule has 0 fully saturated rings. The topological polar surface area (TPSA) is 55.1 Å². The van der Waals surface area contributed by atoms with Gasteiger partial charge in [0, 0.05) is 22.5 Å². The van der Waals surface area contributed by atoms with E-state index < -0.39 is 0 Å². The fourth-order valence-corrected chi connectivity index (χ4v) is 2.64. The van der Waals surface area contributed by atoms with Crippen LogP contribution >= 0.6 is 11.8 Å². The number of halogens is 1. The quantitative estimate of drug-likeness (QED) is 0.847. The minimum atomic E-state index is -0.310. The molecule has 2 aromatic rings. The Bertz CT molecular complexity index is 616. The second-order valence-corrected chi connectivity index (χ2v) is 5.01. The molecule has 3 N–H and O–H groups in total. The number of anilines is 1. The molecule has 0 aliphatic heterocycles. The van der Waals surface area contributed by atoms with Gasteiger partial charge in [-0.15, -0.1) is 0 Å². The maximum Gasteiger partial charge on any atom is 0.252 e. The zero-order valence-electron chi connectivity index (χ0n) is 10.3. The second-order valence-electron chi connectivity index (χ2n) is 3.89. The molecule has 5 heteroatoms. The van der Waals surface area contributed by atoms with Crippen molar-refractivity contribution >= 4 is 23.4 Å². The third-order valence-corrected chi connectivity index (χ3v) is 3.55. The number of benzene rings is 2. The summed E-state index contributed by atoms with van der Waals surface area (Å²) >= 11 is 1.31. The molecule has 0 aliphatic carbocycles. The molecule has 0 aliphatic rings. The van der Waals surface area contributed by atoms with Crippen LogP contribution in [0.2, 0.25) is 0 Å². The van der Waals surface area contributed by atoms with Gasteiger partial charge in [-0.05, 0) is 36.4 Å². The molecule has 2 rings (SSSR count). The number of nitrogen functional groups attached to an aromatic ring is 1. The summed E-state index contributed by atoms with van der Waals surface area (Å²) in [5.74, 6) is -0.505. The zero-order valence-corrected chi connectivity index (χ0v) is 11.1. The molecule has 0 atom stereocenters. The van der Waals surface area contributed by atoms with Gasteiger partial charge in [0.15, 0.2) is 0 Å². The van der Waals surface area contributed by atoms with Crippen molar-refractivity contribution in [1.29, 1.82) is 0 Å². The Morgan fingerprint density at radius 3 is 2.74 bits per heavy atom. The lowest BCUT2D eigenvalue weighted by molar-refractivity contribution is 0.0960. The summed E-state index contributed by atoms with van der Waals surface area (Å²) in [7, 11) is 1.56. The van der Waals surface area contributed by atoms with E-state index in [2.05, 4.69) is 5.32 Å². The van der Waals surface area contributed by atoms with Crippen LogP contribution in [0.15, 0.2) is 52.3 Å². The Morgan fingerprint density at radius 2 is 2.05 bits per heavy atom. The minimum absolute atomic E-state index is 0.195. The molecule has 0 heterocycles. The molecule has 0 saturated heterocycles. The average Bonchev–Trinajstić information content (AvgIpc) is 2.38. The number of rotatable bonds is 3. The predicted molar refractivity (Wildman–Crippen MR) is 74.8 cm³/mol. The Morgan fingerprint density at radius 1 is 1.26 bits per heavy atom. The first-order valence-electron chi connectivity index (χ1n) is 5.65. The molecule has 2 aromatic carbocycles. The normalized spacial score (nSPS) is 10.2. The SMILES string of the molecule is CNC(=O)c1ccc(N)cc1Sc1cccc(F)c1. The van der Waals surface area contributed by atoms with E-state index >= 15 is 0 Å². The van der Waals surface area contributed by atoms with Crippen LogP contribution in [0.5, 0.6) is 0 Å². The van der Waals surface area contributed by atoms with E-state index in [0.29, 0.717) is 16.1 Å². The van der Waals surface area contributed by atoms with Crippen LogP contribution < -0.4 is 11.1 Å². The van der Waals surface area contributed by atoms with E-state index in [-0.39, 0.29) is 11.7 Å². The first-order valence-corrected chi connectivity index (χ1v) is 6.47. The Labute approximate surface area is 115 Å². The van der Waals surface area contributed by atoms with Gasteiger partial charge in [-0.3, -0.25) is 4.79 Å². The fourth-order valence-electron chi connectivity index (χ4n) is 1.60. The summed E-state index contributed by atoms with van der Waals surface area (Å²) in [5.41, 5.74) is 6.81. The van der Waals surface area contributed by atoms with Crippen LogP contribution in [-0.4, -0.2) is 13.0 Å². The largest absolute Gasteiger partial charge is 0.399 e. The molecule has 0 spiro atoms. The Hall–Kier alpha value is -2.01. The maximum atomic E-state index is 13.2. The van der Waals surface area contributed by atoms with E-state index in [0.717, 1.165) is 4.90 Å². The first-order chi connectivity index (χ1) is 9.10. The van der Waals surface area contributed by atoms with Crippen molar-refractivity contribution in [3.63, 3.8) is 0 Å². The van der Waals surface area contributed by atoms with Crippen molar-refractivity contribution in [2.24, 2.45) is 0 Å². The smallest absolute Gasteiger partial charge is 0.252 e. The van der Waals surface area contributed by atoms with Crippen molar-refractivity contribution in [2.45, 2.75) is 9.79 Å². The maximum absolute atomic E-state index is 13.2. The van der Waals surface area contributed by atoms with Gasteiger partial charge >= 0.3 is 0 Å². The minimum Gasteiger partial charge on any atom is -0.399 e. The van der Waals surface area contributed by atoms with Crippen molar-refractivity contribution in [2.75, 3.05) is 12.8 Å². The number of nitrogens with one attached hydrogen (secondary N) is 1. The van der Waals surface area contributed by atoms with Crippen LogP contribution in [0.3, 0.4) is 0 Å². The molecular formula is C14H13FN2OS. The third kappa shape index (κ3) is 3.26. The van der Waals surface area contributed by atoms with Crippen LogP contribution in [0.4, 0.5) is 10.1 Å². The standard InChI is InChI=1S/C14H13FN2OS/c1-17-14(18)12-6-5-10(16)8-13(12)19-11-4-2-3-9(15)7-11/h2-8H,16H2,1H3,(H,17,18).